The van der Waals surface area contributed by atoms with Crippen molar-refractivity contribution in [1.29, 1.82) is 0 Å². The first-order chi connectivity index (χ1) is 21.3. The molecule has 0 fully saturated rings. The second-order valence-electron chi connectivity index (χ2n) is 14.9. The summed E-state index contributed by atoms with van der Waals surface area (Å²) in [7, 11) is 0. The largest absolute Gasteiger partial charge is 0.0654 e. The maximum Gasteiger partial charge on any atom is -0.0414 e. The summed E-state index contributed by atoms with van der Waals surface area (Å²) in [4.78, 5) is 0. The normalized spacial score (nSPS) is 12.3. The van der Waals surface area contributed by atoms with E-state index in [1.807, 2.05) is 0 Å². The Hall–Kier alpha value is 0. The van der Waals surface area contributed by atoms with Crippen LogP contribution in [-0.4, -0.2) is 0 Å². The van der Waals surface area contributed by atoms with Gasteiger partial charge in [0.1, 0.15) is 0 Å². The first-order valence-corrected chi connectivity index (χ1v) is 21.3. The van der Waals surface area contributed by atoms with Crippen molar-refractivity contribution in [3.05, 3.63) is 0 Å². The van der Waals surface area contributed by atoms with Gasteiger partial charge in [-0.3, -0.25) is 0 Å². The van der Waals surface area contributed by atoms with Crippen LogP contribution in [0.3, 0.4) is 0 Å². The van der Waals surface area contributed by atoms with Crippen molar-refractivity contribution in [2.75, 3.05) is 0 Å². The average Bonchev–Trinajstić information content (AvgIpc) is 3.01. The van der Waals surface area contributed by atoms with Gasteiger partial charge >= 0.3 is 0 Å². The molecule has 0 spiro atoms. The summed E-state index contributed by atoms with van der Waals surface area (Å²) in [5.74, 6) is 1.03. The van der Waals surface area contributed by atoms with Gasteiger partial charge in [-0.2, -0.15) is 0 Å². The molecule has 0 heterocycles. The Labute approximate surface area is 276 Å². The fourth-order valence-corrected chi connectivity index (χ4v) is 7.33. The average molecular weight is 605 g/mol. The van der Waals surface area contributed by atoms with Crippen LogP contribution in [0.5, 0.6) is 0 Å². The van der Waals surface area contributed by atoms with Crippen molar-refractivity contribution in [1.82, 2.24) is 0 Å². The van der Waals surface area contributed by atoms with Gasteiger partial charge in [0.05, 0.1) is 0 Å². The molecule has 0 aromatic carbocycles. The SMILES string of the molecule is CCCCCCCCCCCCCCCCCCCCC(CCC)CCCCCCCCCCCCCCCCCCC. The molecule has 0 heteroatoms. The summed E-state index contributed by atoms with van der Waals surface area (Å²) < 4.78 is 0. The Morgan fingerprint density at radius 3 is 0.558 bits per heavy atom. The van der Waals surface area contributed by atoms with Crippen LogP contribution in [0.2, 0.25) is 0 Å². The number of unbranched alkanes of at least 4 members (excludes halogenated alkanes) is 33. The summed E-state index contributed by atoms with van der Waals surface area (Å²) in [5.41, 5.74) is 0. The van der Waals surface area contributed by atoms with Gasteiger partial charge in [0.2, 0.25) is 0 Å². The van der Waals surface area contributed by atoms with Crippen LogP contribution in [0.15, 0.2) is 0 Å². The quantitative estimate of drug-likeness (QED) is 0.0612. The molecule has 0 saturated carbocycles. The first kappa shape index (κ1) is 43.0. The highest BCUT2D eigenvalue weighted by molar-refractivity contribution is 4.61. The molecule has 260 valence electrons. The minimum atomic E-state index is 1.03. The van der Waals surface area contributed by atoms with Gasteiger partial charge in [-0.25, -0.2) is 0 Å². The fraction of sp³-hybridized carbons (Fsp3) is 1.00. The molecule has 0 aromatic rings. The highest BCUT2D eigenvalue weighted by Gasteiger charge is 2.07. The van der Waals surface area contributed by atoms with Crippen LogP contribution >= 0.6 is 0 Å². The minimum Gasteiger partial charge on any atom is -0.0654 e. The van der Waals surface area contributed by atoms with E-state index in [1.54, 1.807) is 0 Å². The van der Waals surface area contributed by atoms with E-state index in [0.717, 1.165) is 5.92 Å². The van der Waals surface area contributed by atoms with E-state index in [-0.39, 0.29) is 0 Å². The molecular weight excluding hydrogens is 516 g/mol. The molecule has 0 rings (SSSR count). The summed E-state index contributed by atoms with van der Waals surface area (Å²) in [6.07, 6.45) is 57.8. The molecule has 0 bridgehead atoms. The monoisotopic (exact) mass is 605 g/mol. The van der Waals surface area contributed by atoms with Crippen molar-refractivity contribution in [2.45, 2.75) is 271 Å². The molecule has 0 radical (unpaired) electrons. The van der Waals surface area contributed by atoms with E-state index in [4.69, 9.17) is 0 Å². The van der Waals surface area contributed by atoms with Crippen molar-refractivity contribution >= 4 is 0 Å². The summed E-state index contributed by atoms with van der Waals surface area (Å²) in [5, 5.41) is 0. The van der Waals surface area contributed by atoms with Crippen LogP contribution < -0.4 is 0 Å². The standard InChI is InChI=1S/C43H88/c1-4-7-9-11-13-15-17-19-21-23-25-27-29-31-33-35-37-39-42-43(40-6-3)41-38-36-34-32-30-28-26-24-22-20-18-16-14-12-10-8-5-2/h43H,4-42H2,1-3H3. The smallest absolute Gasteiger partial charge is 0.0414 e. The lowest BCUT2D eigenvalue weighted by Gasteiger charge is -2.16. The second kappa shape index (κ2) is 40.0. The van der Waals surface area contributed by atoms with E-state index in [1.165, 1.54) is 250 Å². The maximum atomic E-state index is 2.40. The van der Waals surface area contributed by atoms with Crippen LogP contribution in [0, 0.1) is 5.92 Å². The van der Waals surface area contributed by atoms with E-state index < -0.39 is 0 Å². The van der Waals surface area contributed by atoms with Crippen molar-refractivity contribution in [2.24, 2.45) is 5.92 Å². The number of hydrogen-bond acceptors (Lipinski definition) is 0. The summed E-state index contributed by atoms with van der Waals surface area (Å²) >= 11 is 0. The van der Waals surface area contributed by atoms with Gasteiger partial charge in [-0.05, 0) is 5.92 Å². The number of hydrogen-bond donors (Lipinski definition) is 0. The highest BCUT2D eigenvalue weighted by atomic mass is 14.1. The highest BCUT2D eigenvalue weighted by Crippen LogP contribution is 2.24. The van der Waals surface area contributed by atoms with Crippen molar-refractivity contribution in [3.8, 4) is 0 Å². The Kier molecular flexibility index (Phi) is 40.0. The Morgan fingerprint density at radius 2 is 0.372 bits per heavy atom. The fourth-order valence-electron chi connectivity index (χ4n) is 7.33. The Bertz CT molecular complexity index is 453. The summed E-state index contributed by atoms with van der Waals surface area (Å²) in [6, 6.07) is 0. The molecule has 1 unspecified atom stereocenters. The lowest BCUT2D eigenvalue weighted by Crippen LogP contribution is -2.00. The van der Waals surface area contributed by atoms with E-state index in [9.17, 15) is 0 Å². The first-order valence-electron chi connectivity index (χ1n) is 21.3. The molecule has 1 atom stereocenters. The molecule has 0 aliphatic rings. The lowest BCUT2D eigenvalue weighted by atomic mass is 9.90. The Morgan fingerprint density at radius 1 is 0.186 bits per heavy atom. The Balaban J connectivity index is 3.34. The third-order valence-corrected chi connectivity index (χ3v) is 10.4. The summed E-state index contributed by atoms with van der Waals surface area (Å²) in [6.45, 7) is 7.02. The third-order valence-electron chi connectivity index (χ3n) is 10.4. The van der Waals surface area contributed by atoms with Crippen LogP contribution in [0.4, 0.5) is 0 Å². The van der Waals surface area contributed by atoms with Crippen molar-refractivity contribution in [3.63, 3.8) is 0 Å². The third kappa shape index (κ3) is 38.1. The van der Waals surface area contributed by atoms with Crippen LogP contribution in [0.25, 0.3) is 0 Å². The zero-order chi connectivity index (χ0) is 31.2. The van der Waals surface area contributed by atoms with Gasteiger partial charge < -0.3 is 0 Å². The predicted octanol–water partition coefficient (Wildman–Crippen LogP) is 16.9. The molecule has 0 amide bonds. The second-order valence-corrected chi connectivity index (χ2v) is 14.9. The molecule has 0 aliphatic carbocycles. The predicted molar refractivity (Wildman–Crippen MR) is 201 cm³/mol. The van der Waals surface area contributed by atoms with Gasteiger partial charge in [0, 0.05) is 0 Å². The van der Waals surface area contributed by atoms with Crippen molar-refractivity contribution < 1.29 is 0 Å². The van der Waals surface area contributed by atoms with Gasteiger partial charge in [-0.15, -0.1) is 0 Å². The molecule has 43 heavy (non-hydrogen) atoms. The molecule has 0 saturated heterocycles. The van der Waals surface area contributed by atoms with Crippen LogP contribution in [0.1, 0.15) is 271 Å². The zero-order valence-electron chi connectivity index (χ0n) is 31.2. The van der Waals surface area contributed by atoms with Gasteiger partial charge in [0.15, 0.2) is 0 Å². The molecule has 0 aromatic heterocycles. The molecule has 0 aliphatic heterocycles. The maximum absolute atomic E-state index is 2.40. The number of rotatable bonds is 39. The lowest BCUT2D eigenvalue weighted by molar-refractivity contribution is 0.376. The molecule has 0 N–H and O–H groups in total. The molecule has 0 nitrogen and oxygen atoms in total. The zero-order valence-corrected chi connectivity index (χ0v) is 31.2. The van der Waals surface area contributed by atoms with E-state index in [2.05, 4.69) is 20.8 Å². The minimum absolute atomic E-state index is 1.03. The van der Waals surface area contributed by atoms with Crippen LogP contribution in [-0.2, 0) is 0 Å². The topological polar surface area (TPSA) is 0 Å². The van der Waals surface area contributed by atoms with E-state index >= 15 is 0 Å². The van der Waals surface area contributed by atoms with E-state index in [0.29, 0.717) is 0 Å². The molecular formula is C43H88. The van der Waals surface area contributed by atoms with Gasteiger partial charge in [-0.1, -0.05) is 271 Å². The van der Waals surface area contributed by atoms with Gasteiger partial charge in [0.25, 0.3) is 0 Å².